The van der Waals surface area contributed by atoms with Crippen LogP contribution in [0.5, 0.6) is 0 Å². The Morgan fingerprint density at radius 2 is 1.81 bits per heavy atom. The van der Waals surface area contributed by atoms with Crippen molar-refractivity contribution in [3.63, 3.8) is 0 Å². The monoisotopic (exact) mass is 455 g/mol. The lowest BCUT2D eigenvalue weighted by molar-refractivity contribution is -0.143. The number of hydrogen-bond acceptors (Lipinski definition) is 4. The summed E-state index contributed by atoms with van der Waals surface area (Å²) in [4.78, 5) is 28.1. The van der Waals surface area contributed by atoms with E-state index in [0.29, 0.717) is 17.8 Å². The largest absolute Gasteiger partial charge is 0.434 e. The smallest absolute Gasteiger partial charge is 0.353 e. The Labute approximate surface area is 183 Å². The van der Waals surface area contributed by atoms with E-state index in [0.717, 1.165) is 24.8 Å². The number of alkyl halides is 3. The quantitative estimate of drug-likeness (QED) is 0.680. The highest BCUT2D eigenvalue weighted by Crippen LogP contribution is 2.34. The van der Waals surface area contributed by atoms with Crippen LogP contribution in [-0.4, -0.2) is 70.2 Å². The predicted octanol–water partition coefficient (Wildman–Crippen LogP) is 2.70. The minimum atomic E-state index is -4.92. The molecule has 1 saturated heterocycles. The summed E-state index contributed by atoms with van der Waals surface area (Å²) in [5, 5.41) is 6.52. The summed E-state index contributed by atoms with van der Waals surface area (Å²) in [6.45, 7) is 5.04. The number of halogens is 4. The van der Waals surface area contributed by atoms with Crippen molar-refractivity contribution in [3.8, 4) is 5.69 Å². The van der Waals surface area contributed by atoms with Gasteiger partial charge in [-0.05, 0) is 25.5 Å². The van der Waals surface area contributed by atoms with E-state index in [1.54, 1.807) is 0 Å². The number of para-hydroxylation sites is 1. The molecule has 0 saturated carbocycles. The van der Waals surface area contributed by atoms with E-state index >= 15 is 0 Å². The number of carbonyl (C=O) groups excluding carboxylic acids is 2. The standard InChI is InChI=1S/C21H25F4N5O2/c1-3-14(2)27-18(31)13-28-8-10-29(11-9-28)20(32)15-12-26-30(19(15)21(23,24)25)17-7-5-4-6-16(17)22/h4-7,12,14H,3,8-11,13H2,1-2H3,(H,27,31). The first-order valence-corrected chi connectivity index (χ1v) is 10.3. The fourth-order valence-corrected chi connectivity index (χ4v) is 3.49. The average Bonchev–Trinajstić information content (AvgIpc) is 3.19. The second kappa shape index (κ2) is 9.68. The molecular formula is C21H25F4N5O2. The Morgan fingerprint density at radius 3 is 2.41 bits per heavy atom. The lowest BCUT2D eigenvalue weighted by Gasteiger charge is -2.34. The molecule has 0 aliphatic carbocycles. The minimum Gasteiger partial charge on any atom is -0.353 e. The van der Waals surface area contributed by atoms with E-state index in [-0.39, 0.29) is 31.6 Å². The molecule has 174 valence electrons. The summed E-state index contributed by atoms with van der Waals surface area (Å²) in [5.74, 6) is -1.85. The normalized spacial score (nSPS) is 16.1. The molecule has 1 fully saturated rings. The molecule has 1 N–H and O–H groups in total. The molecule has 11 heteroatoms. The highest BCUT2D eigenvalue weighted by atomic mass is 19.4. The third kappa shape index (κ3) is 5.26. The third-order valence-electron chi connectivity index (χ3n) is 5.40. The first kappa shape index (κ1) is 23.7. The Morgan fingerprint density at radius 1 is 1.16 bits per heavy atom. The van der Waals surface area contributed by atoms with Crippen molar-refractivity contribution in [2.45, 2.75) is 32.5 Å². The second-order valence-corrected chi connectivity index (χ2v) is 7.71. The summed E-state index contributed by atoms with van der Waals surface area (Å²) < 4.78 is 56.0. The first-order valence-electron chi connectivity index (χ1n) is 10.3. The van der Waals surface area contributed by atoms with Crippen LogP contribution in [0.15, 0.2) is 30.5 Å². The van der Waals surface area contributed by atoms with Gasteiger partial charge in [-0.3, -0.25) is 14.5 Å². The van der Waals surface area contributed by atoms with E-state index < -0.39 is 34.8 Å². The Balaban J connectivity index is 1.74. The number of piperazine rings is 1. The lowest BCUT2D eigenvalue weighted by atomic mass is 10.1. The predicted molar refractivity (Wildman–Crippen MR) is 109 cm³/mol. The van der Waals surface area contributed by atoms with Gasteiger partial charge in [-0.2, -0.15) is 18.3 Å². The molecule has 1 aliphatic heterocycles. The van der Waals surface area contributed by atoms with Gasteiger partial charge in [0.2, 0.25) is 5.91 Å². The molecule has 1 atom stereocenters. The Kier molecular flexibility index (Phi) is 7.17. The zero-order valence-electron chi connectivity index (χ0n) is 17.8. The van der Waals surface area contributed by atoms with Crippen LogP contribution in [0.4, 0.5) is 17.6 Å². The van der Waals surface area contributed by atoms with E-state index in [9.17, 15) is 27.2 Å². The molecule has 7 nitrogen and oxygen atoms in total. The fraction of sp³-hybridized carbons (Fsp3) is 0.476. The number of aromatic nitrogens is 2. The van der Waals surface area contributed by atoms with E-state index in [2.05, 4.69) is 10.4 Å². The van der Waals surface area contributed by atoms with Gasteiger partial charge in [-0.1, -0.05) is 19.1 Å². The van der Waals surface area contributed by atoms with Crippen LogP contribution in [0, 0.1) is 5.82 Å². The number of benzene rings is 1. The molecule has 0 radical (unpaired) electrons. The van der Waals surface area contributed by atoms with Crippen molar-refractivity contribution in [3.05, 3.63) is 47.5 Å². The Hall–Kier alpha value is -2.95. The van der Waals surface area contributed by atoms with E-state index in [4.69, 9.17) is 0 Å². The maximum atomic E-state index is 14.1. The molecule has 0 spiro atoms. The molecule has 1 unspecified atom stereocenters. The minimum absolute atomic E-state index is 0.0529. The van der Waals surface area contributed by atoms with Crippen molar-refractivity contribution in [2.75, 3.05) is 32.7 Å². The van der Waals surface area contributed by atoms with Gasteiger partial charge in [-0.25, -0.2) is 9.07 Å². The highest BCUT2D eigenvalue weighted by molar-refractivity contribution is 5.95. The number of rotatable bonds is 6. The number of amides is 2. The topological polar surface area (TPSA) is 70.5 Å². The molecule has 0 bridgehead atoms. The SMILES string of the molecule is CCC(C)NC(=O)CN1CCN(C(=O)c2cnn(-c3ccccc3F)c2C(F)(F)F)CC1. The maximum absolute atomic E-state index is 14.1. The number of nitrogens with zero attached hydrogens (tertiary/aromatic N) is 4. The number of nitrogens with one attached hydrogen (secondary N) is 1. The van der Waals surface area contributed by atoms with Crippen LogP contribution >= 0.6 is 0 Å². The van der Waals surface area contributed by atoms with E-state index in [1.165, 1.54) is 17.0 Å². The third-order valence-corrected chi connectivity index (χ3v) is 5.40. The number of hydrogen-bond donors (Lipinski definition) is 1. The molecular weight excluding hydrogens is 430 g/mol. The summed E-state index contributed by atoms with van der Waals surface area (Å²) in [6.07, 6.45) is -3.29. The molecule has 32 heavy (non-hydrogen) atoms. The summed E-state index contributed by atoms with van der Waals surface area (Å²) >= 11 is 0. The summed E-state index contributed by atoms with van der Waals surface area (Å²) in [5.41, 5.74) is -2.34. The van der Waals surface area contributed by atoms with Crippen molar-refractivity contribution >= 4 is 11.8 Å². The molecule has 2 heterocycles. The van der Waals surface area contributed by atoms with Crippen molar-refractivity contribution in [2.24, 2.45) is 0 Å². The highest BCUT2D eigenvalue weighted by Gasteiger charge is 2.42. The molecule has 1 aromatic heterocycles. The van der Waals surface area contributed by atoms with Crippen LogP contribution in [0.3, 0.4) is 0 Å². The van der Waals surface area contributed by atoms with Crippen LogP contribution in [0.25, 0.3) is 5.69 Å². The zero-order valence-corrected chi connectivity index (χ0v) is 17.8. The zero-order chi connectivity index (χ0) is 23.5. The summed E-state index contributed by atoms with van der Waals surface area (Å²) in [7, 11) is 0. The van der Waals surface area contributed by atoms with Crippen LogP contribution < -0.4 is 5.32 Å². The molecule has 2 amide bonds. The van der Waals surface area contributed by atoms with Crippen LogP contribution in [0.2, 0.25) is 0 Å². The van der Waals surface area contributed by atoms with Gasteiger partial charge in [0, 0.05) is 32.2 Å². The van der Waals surface area contributed by atoms with Gasteiger partial charge in [0.1, 0.15) is 11.5 Å². The van der Waals surface area contributed by atoms with Gasteiger partial charge >= 0.3 is 6.18 Å². The molecule has 1 aliphatic rings. The second-order valence-electron chi connectivity index (χ2n) is 7.71. The molecule has 2 aromatic rings. The lowest BCUT2D eigenvalue weighted by Crippen LogP contribution is -2.51. The summed E-state index contributed by atoms with van der Waals surface area (Å²) in [6, 6.07) is 4.98. The van der Waals surface area contributed by atoms with Crippen molar-refractivity contribution in [1.29, 1.82) is 0 Å². The average molecular weight is 455 g/mol. The van der Waals surface area contributed by atoms with Gasteiger partial charge in [0.05, 0.1) is 18.3 Å². The van der Waals surface area contributed by atoms with Gasteiger partial charge in [0.25, 0.3) is 5.91 Å². The fourth-order valence-electron chi connectivity index (χ4n) is 3.49. The van der Waals surface area contributed by atoms with E-state index in [1.807, 2.05) is 18.7 Å². The van der Waals surface area contributed by atoms with Crippen LogP contribution in [0.1, 0.15) is 36.3 Å². The van der Waals surface area contributed by atoms with Gasteiger partial charge in [0.15, 0.2) is 5.69 Å². The van der Waals surface area contributed by atoms with Crippen molar-refractivity contribution < 1.29 is 27.2 Å². The molecule has 3 rings (SSSR count). The van der Waals surface area contributed by atoms with Crippen LogP contribution in [-0.2, 0) is 11.0 Å². The number of carbonyl (C=O) groups is 2. The first-order chi connectivity index (χ1) is 15.1. The molecule has 1 aromatic carbocycles. The van der Waals surface area contributed by atoms with Gasteiger partial charge < -0.3 is 10.2 Å². The van der Waals surface area contributed by atoms with Gasteiger partial charge in [-0.15, -0.1) is 0 Å². The Bertz CT molecular complexity index is 967. The van der Waals surface area contributed by atoms with Crippen molar-refractivity contribution in [1.82, 2.24) is 24.9 Å². The maximum Gasteiger partial charge on any atom is 0.434 e.